The molecular formula is C29H26Cl5N3O4. The van der Waals surface area contributed by atoms with Crippen molar-refractivity contribution in [2.75, 3.05) is 16.0 Å². The first-order chi connectivity index (χ1) is 19.0. The summed E-state index contributed by atoms with van der Waals surface area (Å²) in [6.45, 7) is 7.08. The third kappa shape index (κ3) is 7.59. The molecule has 3 aromatic rings. The van der Waals surface area contributed by atoms with Crippen molar-refractivity contribution < 1.29 is 19.1 Å². The van der Waals surface area contributed by atoms with Crippen LogP contribution < -0.4 is 16.0 Å². The molecule has 7 nitrogen and oxygen atoms in total. The third-order valence-electron chi connectivity index (χ3n) is 6.18. The zero-order valence-corrected chi connectivity index (χ0v) is 26.2. The van der Waals surface area contributed by atoms with Crippen molar-refractivity contribution in [1.82, 2.24) is 0 Å². The Balaban J connectivity index is 1.45. The van der Waals surface area contributed by atoms with Gasteiger partial charge in [0.05, 0.1) is 16.5 Å². The van der Waals surface area contributed by atoms with E-state index in [9.17, 15) is 14.4 Å². The summed E-state index contributed by atoms with van der Waals surface area (Å²) in [4.78, 5) is 38.3. The van der Waals surface area contributed by atoms with Crippen molar-refractivity contribution in [3.63, 3.8) is 0 Å². The average molecular weight is 658 g/mol. The molecule has 0 spiro atoms. The first-order valence-electron chi connectivity index (χ1n) is 12.4. The molecule has 1 aliphatic carbocycles. The van der Waals surface area contributed by atoms with E-state index in [2.05, 4.69) is 16.0 Å². The number of halogens is 5. The number of alkyl halides is 2. The fourth-order valence-corrected chi connectivity index (χ4v) is 5.89. The molecule has 0 radical (unpaired) electrons. The van der Waals surface area contributed by atoms with Crippen LogP contribution in [0.4, 0.5) is 21.9 Å². The van der Waals surface area contributed by atoms with Crippen molar-refractivity contribution in [3.05, 3.63) is 86.4 Å². The molecule has 0 bridgehead atoms. The van der Waals surface area contributed by atoms with Gasteiger partial charge in [-0.2, -0.15) is 0 Å². The van der Waals surface area contributed by atoms with Gasteiger partial charge in [0.1, 0.15) is 9.93 Å². The van der Waals surface area contributed by atoms with Crippen molar-refractivity contribution in [1.29, 1.82) is 0 Å². The molecule has 1 fully saturated rings. The number of hydrogen-bond donors (Lipinski definition) is 3. The quantitative estimate of drug-likeness (QED) is 0.231. The van der Waals surface area contributed by atoms with Gasteiger partial charge in [0.2, 0.25) is 5.91 Å². The molecule has 216 valence electrons. The lowest BCUT2D eigenvalue weighted by molar-refractivity contribution is -0.117. The van der Waals surface area contributed by atoms with Crippen molar-refractivity contribution in [3.8, 4) is 0 Å². The molecule has 3 aromatic carbocycles. The molecule has 4 rings (SSSR count). The van der Waals surface area contributed by atoms with E-state index >= 15 is 0 Å². The summed E-state index contributed by atoms with van der Waals surface area (Å²) in [5, 5.41) is 9.22. The van der Waals surface area contributed by atoms with Crippen LogP contribution in [0.25, 0.3) is 0 Å². The van der Waals surface area contributed by atoms with Crippen LogP contribution in [0.5, 0.6) is 0 Å². The first kappa shape index (κ1) is 31.3. The number of carbonyl (C=O) groups is 3. The molecule has 1 aliphatic rings. The van der Waals surface area contributed by atoms with Crippen LogP contribution in [0.1, 0.15) is 48.2 Å². The van der Waals surface area contributed by atoms with Crippen LogP contribution >= 0.6 is 58.0 Å². The van der Waals surface area contributed by atoms with E-state index in [-0.39, 0.29) is 10.6 Å². The molecule has 3 amide bonds. The molecule has 0 heterocycles. The van der Waals surface area contributed by atoms with E-state index in [1.165, 1.54) is 12.1 Å². The highest BCUT2D eigenvalue weighted by molar-refractivity contribution is 6.53. The van der Waals surface area contributed by atoms with Gasteiger partial charge in [-0.3, -0.25) is 14.9 Å². The Hall–Kier alpha value is -2.68. The van der Waals surface area contributed by atoms with E-state index in [4.69, 9.17) is 62.7 Å². The second-order valence-electron chi connectivity index (χ2n) is 10.6. The molecule has 1 unspecified atom stereocenters. The van der Waals surface area contributed by atoms with Gasteiger partial charge in [-0.25, -0.2) is 4.79 Å². The fourth-order valence-electron chi connectivity index (χ4n) is 4.31. The van der Waals surface area contributed by atoms with Gasteiger partial charge in [-0.05, 0) is 93.4 Å². The summed E-state index contributed by atoms with van der Waals surface area (Å²) in [6.07, 6.45) is -0.589. The second-order valence-corrected chi connectivity index (χ2v) is 13.4. The number of nitrogens with one attached hydrogen (secondary N) is 3. The smallest absolute Gasteiger partial charge is 0.412 e. The van der Waals surface area contributed by atoms with Crippen molar-refractivity contribution in [2.45, 2.75) is 43.5 Å². The zero-order valence-electron chi connectivity index (χ0n) is 22.4. The number of rotatable bonds is 6. The van der Waals surface area contributed by atoms with Crippen LogP contribution in [0.15, 0.2) is 54.6 Å². The predicted octanol–water partition coefficient (Wildman–Crippen LogP) is 9.08. The molecular weight excluding hydrogens is 632 g/mol. The van der Waals surface area contributed by atoms with Crippen molar-refractivity contribution in [2.24, 2.45) is 5.92 Å². The maximum absolute atomic E-state index is 13.1. The standard InChI is InChI=1S/C29H26Cl5N3O4/c1-14-9-18(36-27(40)41-28(2,3)4)6-8-22(14)37-25(38)20-13-19(5-7-21(20)32)35-26(39)24-23(29(24,33)34)15-10-16(30)12-17(31)11-15/h5-13,23-24H,1-4H3,(H,35,39)(H,36,40)(H,37,38)/t23-,24?/m1/s1. The Morgan fingerprint density at radius 1 is 0.829 bits per heavy atom. The zero-order chi connectivity index (χ0) is 30.3. The van der Waals surface area contributed by atoms with E-state index in [1.54, 1.807) is 70.2 Å². The Bertz CT molecular complexity index is 1520. The fraction of sp³-hybridized carbons (Fsp3) is 0.276. The largest absolute Gasteiger partial charge is 0.444 e. The Morgan fingerprint density at radius 2 is 1.44 bits per heavy atom. The van der Waals surface area contributed by atoms with Crippen LogP contribution in [-0.2, 0) is 9.53 Å². The highest BCUT2D eigenvalue weighted by Crippen LogP contribution is 2.65. The third-order valence-corrected chi connectivity index (χ3v) is 7.88. The van der Waals surface area contributed by atoms with Crippen LogP contribution in [0.3, 0.4) is 0 Å². The summed E-state index contributed by atoms with van der Waals surface area (Å²) in [5.74, 6) is -2.23. The lowest BCUT2D eigenvalue weighted by Gasteiger charge is -2.20. The van der Waals surface area contributed by atoms with Gasteiger partial charge in [-0.1, -0.05) is 34.8 Å². The van der Waals surface area contributed by atoms with Crippen LogP contribution in [-0.4, -0.2) is 27.8 Å². The van der Waals surface area contributed by atoms with Gasteiger partial charge in [0.25, 0.3) is 5.91 Å². The number of amides is 3. The van der Waals surface area contributed by atoms with E-state index in [0.29, 0.717) is 38.2 Å². The molecule has 3 N–H and O–H groups in total. The average Bonchev–Trinajstić information content (AvgIpc) is 3.42. The summed E-state index contributed by atoms with van der Waals surface area (Å²) >= 11 is 31.4. The Labute approximate surface area is 262 Å². The molecule has 12 heteroatoms. The molecule has 1 saturated carbocycles. The molecule has 0 aliphatic heterocycles. The molecule has 2 atom stereocenters. The maximum atomic E-state index is 13.1. The minimum atomic E-state index is -1.35. The number of aryl methyl sites for hydroxylation is 1. The monoisotopic (exact) mass is 655 g/mol. The van der Waals surface area contributed by atoms with E-state index in [1.807, 2.05) is 0 Å². The van der Waals surface area contributed by atoms with E-state index < -0.39 is 39.7 Å². The number of benzene rings is 3. The number of anilines is 3. The van der Waals surface area contributed by atoms with Gasteiger partial charge in [-0.15, -0.1) is 23.2 Å². The van der Waals surface area contributed by atoms with Gasteiger partial charge in [0, 0.05) is 33.0 Å². The summed E-state index contributed by atoms with van der Waals surface area (Å²) in [5.41, 5.74) is 2.17. The van der Waals surface area contributed by atoms with Crippen LogP contribution in [0.2, 0.25) is 15.1 Å². The van der Waals surface area contributed by atoms with Crippen molar-refractivity contribution >= 4 is 93.0 Å². The van der Waals surface area contributed by atoms with Gasteiger partial charge in [0.15, 0.2) is 0 Å². The Morgan fingerprint density at radius 3 is 2.05 bits per heavy atom. The van der Waals surface area contributed by atoms with Gasteiger partial charge >= 0.3 is 6.09 Å². The molecule has 0 saturated heterocycles. The van der Waals surface area contributed by atoms with E-state index in [0.717, 1.165) is 0 Å². The molecule has 41 heavy (non-hydrogen) atoms. The lowest BCUT2D eigenvalue weighted by Crippen LogP contribution is -2.27. The SMILES string of the molecule is Cc1cc(NC(=O)OC(C)(C)C)ccc1NC(=O)c1cc(NC(=O)C2[C@@H](c3cc(Cl)cc(Cl)c3)C2(Cl)Cl)ccc1Cl. The number of ether oxygens (including phenoxy) is 1. The van der Waals surface area contributed by atoms with Crippen LogP contribution in [0, 0.1) is 12.8 Å². The highest BCUT2D eigenvalue weighted by Gasteiger charge is 2.67. The van der Waals surface area contributed by atoms with Gasteiger partial charge < -0.3 is 15.4 Å². The summed E-state index contributed by atoms with van der Waals surface area (Å²) in [7, 11) is 0. The minimum Gasteiger partial charge on any atom is -0.444 e. The minimum absolute atomic E-state index is 0.136. The summed E-state index contributed by atoms with van der Waals surface area (Å²) < 4.78 is 3.91. The lowest BCUT2D eigenvalue weighted by atomic mass is 10.1. The second kappa shape index (κ2) is 11.9. The first-order valence-corrected chi connectivity index (χ1v) is 14.3. The number of carbonyl (C=O) groups excluding carboxylic acids is 3. The topological polar surface area (TPSA) is 96.5 Å². The Kier molecular flexibility index (Phi) is 9.07. The maximum Gasteiger partial charge on any atom is 0.412 e. The molecule has 0 aromatic heterocycles. The number of hydrogen-bond acceptors (Lipinski definition) is 4. The normalized spacial score (nSPS) is 17.4. The highest BCUT2D eigenvalue weighted by atomic mass is 35.5. The summed E-state index contributed by atoms with van der Waals surface area (Å²) in [6, 6.07) is 14.4. The predicted molar refractivity (Wildman–Crippen MR) is 166 cm³/mol.